The van der Waals surface area contributed by atoms with E-state index in [1.165, 1.54) is 12.1 Å². The Morgan fingerprint density at radius 1 is 1.12 bits per heavy atom. The van der Waals surface area contributed by atoms with Crippen molar-refractivity contribution in [3.63, 3.8) is 0 Å². The zero-order valence-corrected chi connectivity index (χ0v) is 9.96. The Balaban J connectivity index is 2.66. The van der Waals surface area contributed by atoms with Crippen LogP contribution in [0.5, 0.6) is 0 Å². The molecular weight excluding hydrogens is 239 g/mol. The largest absolute Gasteiger partial charge is 0.298 e. The highest BCUT2D eigenvalue weighted by atomic mass is 35.5. The molecule has 2 rings (SSSR count). The van der Waals surface area contributed by atoms with Crippen LogP contribution in [0, 0.1) is 12.7 Å². The van der Waals surface area contributed by atoms with E-state index in [9.17, 15) is 9.18 Å². The SMILES string of the molecule is Cc1cc(F)ccc1-c1cc(Cl)ccc1C=O. The van der Waals surface area contributed by atoms with Gasteiger partial charge in [0.15, 0.2) is 6.29 Å². The standard InChI is InChI=1S/C14H10ClFO/c1-9-6-12(16)4-5-13(9)14-7-11(15)3-2-10(14)8-17/h2-8H,1H3. The van der Waals surface area contributed by atoms with Crippen LogP contribution in [0.3, 0.4) is 0 Å². The zero-order chi connectivity index (χ0) is 12.4. The van der Waals surface area contributed by atoms with E-state index in [1.54, 1.807) is 31.2 Å². The Morgan fingerprint density at radius 2 is 1.88 bits per heavy atom. The molecule has 0 aliphatic heterocycles. The first-order valence-corrected chi connectivity index (χ1v) is 5.51. The summed E-state index contributed by atoms with van der Waals surface area (Å²) in [6, 6.07) is 9.50. The minimum absolute atomic E-state index is 0.291. The molecule has 3 heteroatoms. The molecule has 0 bridgehead atoms. The lowest BCUT2D eigenvalue weighted by Gasteiger charge is -2.09. The van der Waals surface area contributed by atoms with E-state index < -0.39 is 0 Å². The molecule has 1 nitrogen and oxygen atoms in total. The second-order valence-corrected chi connectivity index (χ2v) is 4.25. The number of carbonyl (C=O) groups excluding carboxylic acids is 1. The van der Waals surface area contributed by atoms with Gasteiger partial charge in [0.2, 0.25) is 0 Å². The van der Waals surface area contributed by atoms with Crippen LogP contribution in [0.4, 0.5) is 4.39 Å². The minimum Gasteiger partial charge on any atom is -0.298 e. The topological polar surface area (TPSA) is 17.1 Å². The first-order chi connectivity index (χ1) is 8.11. The van der Waals surface area contributed by atoms with Crippen LogP contribution in [0.25, 0.3) is 11.1 Å². The number of halogens is 2. The van der Waals surface area contributed by atoms with Crippen LogP contribution in [0.15, 0.2) is 36.4 Å². The fourth-order valence-corrected chi connectivity index (χ4v) is 1.97. The molecule has 0 heterocycles. The number of aryl methyl sites for hydroxylation is 1. The second-order valence-electron chi connectivity index (χ2n) is 3.81. The van der Waals surface area contributed by atoms with Gasteiger partial charge in [0.25, 0.3) is 0 Å². The maximum Gasteiger partial charge on any atom is 0.150 e. The summed E-state index contributed by atoms with van der Waals surface area (Å²) in [6.45, 7) is 1.80. The number of carbonyl (C=O) groups is 1. The fraction of sp³-hybridized carbons (Fsp3) is 0.0714. The maximum absolute atomic E-state index is 13.0. The van der Waals surface area contributed by atoms with Crippen molar-refractivity contribution in [2.24, 2.45) is 0 Å². The van der Waals surface area contributed by atoms with Crippen LogP contribution in [0.2, 0.25) is 5.02 Å². The second kappa shape index (κ2) is 4.68. The molecule has 0 fully saturated rings. The Labute approximate surface area is 104 Å². The molecule has 2 aromatic rings. The highest BCUT2D eigenvalue weighted by Crippen LogP contribution is 2.29. The molecule has 0 spiro atoms. The van der Waals surface area contributed by atoms with Crippen LogP contribution in [-0.2, 0) is 0 Å². The number of hydrogen-bond donors (Lipinski definition) is 0. The summed E-state index contributed by atoms with van der Waals surface area (Å²) in [5.41, 5.74) is 2.86. The highest BCUT2D eigenvalue weighted by molar-refractivity contribution is 6.31. The summed E-state index contributed by atoms with van der Waals surface area (Å²) >= 11 is 5.92. The number of hydrogen-bond acceptors (Lipinski definition) is 1. The van der Waals surface area contributed by atoms with Crippen molar-refractivity contribution in [1.82, 2.24) is 0 Å². The maximum atomic E-state index is 13.0. The summed E-state index contributed by atoms with van der Waals surface area (Å²) in [4.78, 5) is 11.0. The fourth-order valence-electron chi connectivity index (χ4n) is 1.79. The number of benzene rings is 2. The van der Waals surface area contributed by atoms with Crippen LogP contribution in [-0.4, -0.2) is 6.29 Å². The molecule has 0 N–H and O–H groups in total. The average Bonchev–Trinajstić information content (AvgIpc) is 2.29. The molecule has 0 saturated carbocycles. The van der Waals surface area contributed by atoms with E-state index in [-0.39, 0.29) is 5.82 Å². The van der Waals surface area contributed by atoms with Gasteiger partial charge in [-0.1, -0.05) is 17.7 Å². The average molecular weight is 249 g/mol. The van der Waals surface area contributed by atoms with Gasteiger partial charge in [0.05, 0.1) is 0 Å². The van der Waals surface area contributed by atoms with Crippen molar-refractivity contribution < 1.29 is 9.18 Å². The van der Waals surface area contributed by atoms with E-state index >= 15 is 0 Å². The summed E-state index contributed by atoms with van der Waals surface area (Å²) in [5.74, 6) is -0.291. The third-order valence-corrected chi connectivity index (χ3v) is 2.86. The summed E-state index contributed by atoms with van der Waals surface area (Å²) in [5, 5.41) is 0.550. The summed E-state index contributed by atoms with van der Waals surface area (Å²) in [6.07, 6.45) is 0.772. The van der Waals surface area contributed by atoms with E-state index in [4.69, 9.17) is 11.6 Å². The predicted molar refractivity (Wildman–Crippen MR) is 67.0 cm³/mol. The van der Waals surface area contributed by atoms with E-state index in [1.807, 2.05) is 0 Å². The molecule has 0 aliphatic rings. The minimum atomic E-state index is -0.291. The van der Waals surface area contributed by atoms with Crippen LogP contribution >= 0.6 is 11.6 Å². The van der Waals surface area contributed by atoms with E-state index in [0.717, 1.165) is 23.0 Å². The van der Waals surface area contributed by atoms with Gasteiger partial charge in [-0.15, -0.1) is 0 Å². The van der Waals surface area contributed by atoms with Crippen molar-refractivity contribution in [3.05, 3.63) is 58.4 Å². The third kappa shape index (κ3) is 2.37. The van der Waals surface area contributed by atoms with Gasteiger partial charge < -0.3 is 0 Å². The van der Waals surface area contributed by atoms with Gasteiger partial charge in [-0.25, -0.2) is 4.39 Å². The van der Waals surface area contributed by atoms with Gasteiger partial charge in [0.1, 0.15) is 5.82 Å². The molecule has 0 radical (unpaired) electrons. The predicted octanol–water partition coefficient (Wildman–Crippen LogP) is 4.27. The Hall–Kier alpha value is -1.67. The van der Waals surface area contributed by atoms with Gasteiger partial charge in [-0.2, -0.15) is 0 Å². The number of aldehydes is 1. The molecule has 0 unspecified atom stereocenters. The van der Waals surface area contributed by atoms with Gasteiger partial charge >= 0.3 is 0 Å². The summed E-state index contributed by atoms with van der Waals surface area (Å²) < 4.78 is 13.0. The van der Waals surface area contributed by atoms with E-state index in [0.29, 0.717) is 10.6 Å². The zero-order valence-electron chi connectivity index (χ0n) is 9.21. The molecular formula is C14H10ClFO. The lowest BCUT2D eigenvalue weighted by atomic mass is 9.96. The van der Waals surface area contributed by atoms with E-state index in [2.05, 4.69) is 0 Å². The monoisotopic (exact) mass is 248 g/mol. The van der Waals surface area contributed by atoms with Crippen molar-refractivity contribution in [2.45, 2.75) is 6.92 Å². The molecule has 0 aliphatic carbocycles. The van der Waals surface area contributed by atoms with Crippen molar-refractivity contribution in [1.29, 1.82) is 0 Å². The number of rotatable bonds is 2. The first kappa shape index (κ1) is 11.8. The Kier molecular flexibility index (Phi) is 3.25. The smallest absolute Gasteiger partial charge is 0.150 e. The van der Waals surface area contributed by atoms with Gasteiger partial charge in [0, 0.05) is 10.6 Å². The molecule has 0 saturated heterocycles. The van der Waals surface area contributed by atoms with Crippen LogP contribution < -0.4 is 0 Å². The Morgan fingerprint density at radius 3 is 2.53 bits per heavy atom. The molecule has 0 amide bonds. The lowest BCUT2D eigenvalue weighted by molar-refractivity contribution is 0.112. The highest BCUT2D eigenvalue weighted by Gasteiger charge is 2.08. The molecule has 2 aromatic carbocycles. The van der Waals surface area contributed by atoms with Crippen molar-refractivity contribution in [2.75, 3.05) is 0 Å². The quantitative estimate of drug-likeness (QED) is 0.726. The van der Waals surface area contributed by atoms with Gasteiger partial charge in [-0.3, -0.25) is 4.79 Å². The third-order valence-electron chi connectivity index (χ3n) is 2.62. The van der Waals surface area contributed by atoms with Crippen LogP contribution in [0.1, 0.15) is 15.9 Å². The summed E-state index contributed by atoms with van der Waals surface area (Å²) in [7, 11) is 0. The van der Waals surface area contributed by atoms with Crippen molar-refractivity contribution >= 4 is 17.9 Å². The Bertz CT molecular complexity index is 578. The lowest BCUT2D eigenvalue weighted by Crippen LogP contribution is -1.91. The normalized spacial score (nSPS) is 10.3. The van der Waals surface area contributed by atoms with Crippen molar-refractivity contribution in [3.8, 4) is 11.1 Å². The molecule has 0 aromatic heterocycles. The van der Waals surface area contributed by atoms with Gasteiger partial charge in [-0.05, 0) is 53.9 Å². The molecule has 0 atom stereocenters. The molecule has 86 valence electrons. The molecule has 17 heavy (non-hydrogen) atoms. The first-order valence-electron chi connectivity index (χ1n) is 5.13.